The van der Waals surface area contributed by atoms with Gasteiger partial charge in [0.15, 0.2) is 11.6 Å². The van der Waals surface area contributed by atoms with Gasteiger partial charge in [0.1, 0.15) is 12.7 Å². The normalized spacial score (nSPS) is 19.2. The second-order valence-electron chi connectivity index (χ2n) is 7.15. The van der Waals surface area contributed by atoms with Gasteiger partial charge in [0.2, 0.25) is 5.91 Å². The topological polar surface area (TPSA) is 98.1 Å². The molecule has 1 N–H and O–H groups in total. The Bertz CT molecular complexity index is 721. The van der Waals surface area contributed by atoms with E-state index in [-0.39, 0.29) is 11.8 Å². The number of carbonyl (C=O) groups excluding carboxylic acids is 1. The molecule has 0 aliphatic carbocycles. The molecule has 2 saturated heterocycles. The summed E-state index contributed by atoms with van der Waals surface area (Å²) >= 11 is 0. The van der Waals surface area contributed by atoms with Crippen LogP contribution in [0.15, 0.2) is 24.8 Å². The average molecular weight is 371 g/mol. The predicted octanol–water partition coefficient (Wildman–Crippen LogP) is 0.816. The van der Waals surface area contributed by atoms with Crippen LogP contribution in [0.4, 0.5) is 5.82 Å². The minimum atomic E-state index is 0.0865. The van der Waals surface area contributed by atoms with E-state index in [1.165, 1.54) is 6.33 Å². The van der Waals surface area contributed by atoms with Crippen molar-refractivity contribution in [2.75, 3.05) is 37.7 Å². The molecule has 0 aromatic carbocycles. The third-order valence-electron chi connectivity index (χ3n) is 5.39. The average Bonchev–Trinajstić information content (AvgIpc) is 3.28. The Kier molecular flexibility index (Phi) is 5.57. The van der Waals surface area contributed by atoms with Crippen molar-refractivity contribution in [3.8, 4) is 5.82 Å². The highest BCUT2D eigenvalue weighted by atomic mass is 16.5. The first-order chi connectivity index (χ1) is 13.3. The molecule has 0 spiro atoms. The van der Waals surface area contributed by atoms with Crippen LogP contribution in [0.1, 0.15) is 25.7 Å². The van der Waals surface area contributed by atoms with Crippen LogP contribution >= 0.6 is 0 Å². The molecule has 0 saturated carbocycles. The molecule has 2 aromatic heterocycles. The molecule has 9 heteroatoms. The van der Waals surface area contributed by atoms with Crippen molar-refractivity contribution >= 4 is 11.7 Å². The van der Waals surface area contributed by atoms with Crippen molar-refractivity contribution in [2.24, 2.45) is 11.8 Å². The summed E-state index contributed by atoms with van der Waals surface area (Å²) in [5, 5.41) is 15.7. The molecular weight excluding hydrogens is 346 g/mol. The van der Waals surface area contributed by atoms with Gasteiger partial charge in [-0.1, -0.05) is 0 Å². The van der Waals surface area contributed by atoms with E-state index in [1.54, 1.807) is 11.0 Å². The van der Waals surface area contributed by atoms with Crippen molar-refractivity contribution in [1.29, 1.82) is 0 Å². The number of nitrogens with one attached hydrogen (secondary N) is 1. The van der Waals surface area contributed by atoms with Crippen LogP contribution in [0.2, 0.25) is 0 Å². The Morgan fingerprint density at radius 2 is 1.85 bits per heavy atom. The number of nitrogens with zero attached hydrogens (tertiary/aromatic N) is 6. The van der Waals surface area contributed by atoms with Crippen LogP contribution in [0.5, 0.6) is 0 Å². The summed E-state index contributed by atoms with van der Waals surface area (Å²) in [7, 11) is 0. The highest BCUT2D eigenvalue weighted by Gasteiger charge is 2.26. The Morgan fingerprint density at radius 1 is 1.11 bits per heavy atom. The van der Waals surface area contributed by atoms with Gasteiger partial charge in [0.25, 0.3) is 0 Å². The third-order valence-corrected chi connectivity index (χ3v) is 5.39. The standard InChI is InChI=1S/C18H25N7O2/c26-18(20-11-14-5-9-27-10-6-14)15-3-7-24(8-4-15)16-1-2-17(23-22-16)25-13-19-12-21-25/h1-2,12-15H,3-11H2,(H,20,26). The summed E-state index contributed by atoms with van der Waals surface area (Å²) < 4.78 is 6.94. The minimum Gasteiger partial charge on any atom is -0.381 e. The molecule has 1 amide bonds. The van der Waals surface area contributed by atoms with Gasteiger partial charge in [-0.25, -0.2) is 9.67 Å². The van der Waals surface area contributed by atoms with E-state index in [9.17, 15) is 4.79 Å². The zero-order valence-corrected chi connectivity index (χ0v) is 15.3. The third kappa shape index (κ3) is 4.41. The second kappa shape index (κ2) is 8.43. The first kappa shape index (κ1) is 17.8. The highest BCUT2D eigenvalue weighted by Crippen LogP contribution is 2.22. The fraction of sp³-hybridized carbons (Fsp3) is 0.611. The van der Waals surface area contributed by atoms with E-state index in [4.69, 9.17) is 4.74 Å². The number of aromatic nitrogens is 5. The van der Waals surface area contributed by atoms with Crippen LogP contribution in [0, 0.1) is 11.8 Å². The van der Waals surface area contributed by atoms with Gasteiger partial charge in [0.05, 0.1) is 0 Å². The molecule has 2 aliphatic rings. The summed E-state index contributed by atoms with van der Waals surface area (Å²) in [6.07, 6.45) is 6.82. The van der Waals surface area contributed by atoms with Gasteiger partial charge in [-0.15, -0.1) is 10.2 Å². The van der Waals surface area contributed by atoms with E-state index in [1.807, 2.05) is 12.1 Å². The van der Waals surface area contributed by atoms with Crippen molar-refractivity contribution < 1.29 is 9.53 Å². The number of hydrogen-bond acceptors (Lipinski definition) is 7. The fourth-order valence-electron chi connectivity index (χ4n) is 3.65. The van der Waals surface area contributed by atoms with Gasteiger partial charge in [-0.3, -0.25) is 4.79 Å². The molecule has 9 nitrogen and oxygen atoms in total. The minimum absolute atomic E-state index is 0.0865. The number of amides is 1. The lowest BCUT2D eigenvalue weighted by atomic mass is 9.95. The van der Waals surface area contributed by atoms with Crippen LogP contribution in [-0.4, -0.2) is 63.7 Å². The number of ether oxygens (including phenoxy) is 1. The van der Waals surface area contributed by atoms with Crippen molar-refractivity contribution in [3.05, 3.63) is 24.8 Å². The van der Waals surface area contributed by atoms with E-state index in [0.717, 1.165) is 64.3 Å². The summed E-state index contributed by atoms with van der Waals surface area (Å²) in [5.41, 5.74) is 0. The number of piperidine rings is 1. The molecule has 2 fully saturated rings. The van der Waals surface area contributed by atoms with E-state index >= 15 is 0 Å². The van der Waals surface area contributed by atoms with E-state index in [2.05, 4.69) is 30.5 Å². The summed E-state index contributed by atoms with van der Waals surface area (Å²) in [6.45, 7) is 4.03. The molecule has 27 heavy (non-hydrogen) atoms. The van der Waals surface area contributed by atoms with Crippen LogP contribution < -0.4 is 10.2 Å². The highest BCUT2D eigenvalue weighted by molar-refractivity contribution is 5.79. The van der Waals surface area contributed by atoms with Gasteiger partial charge in [-0.2, -0.15) is 5.10 Å². The van der Waals surface area contributed by atoms with Crippen LogP contribution in [0.3, 0.4) is 0 Å². The fourth-order valence-corrected chi connectivity index (χ4v) is 3.65. The maximum absolute atomic E-state index is 12.5. The lowest BCUT2D eigenvalue weighted by Gasteiger charge is -2.32. The Balaban J connectivity index is 1.25. The molecule has 4 rings (SSSR count). The molecule has 144 valence electrons. The molecule has 0 unspecified atom stereocenters. The van der Waals surface area contributed by atoms with Crippen molar-refractivity contribution in [2.45, 2.75) is 25.7 Å². The van der Waals surface area contributed by atoms with Gasteiger partial charge >= 0.3 is 0 Å². The molecular formula is C18H25N7O2. The first-order valence-electron chi connectivity index (χ1n) is 9.59. The smallest absolute Gasteiger partial charge is 0.223 e. The lowest BCUT2D eigenvalue weighted by molar-refractivity contribution is -0.125. The molecule has 0 bridgehead atoms. The molecule has 0 atom stereocenters. The Labute approximate surface area is 158 Å². The number of anilines is 1. The summed E-state index contributed by atoms with van der Waals surface area (Å²) in [4.78, 5) is 18.5. The number of carbonyl (C=O) groups is 1. The lowest BCUT2D eigenvalue weighted by Crippen LogP contribution is -2.42. The molecule has 2 aromatic rings. The van der Waals surface area contributed by atoms with Crippen molar-refractivity contribution in [1.82, 2.24) is 30.3 Å². The predicted molar refractivity (Wildman–Crippen MR) is 98.4 cm³/mol. The number of rotatable bonds is 5. The summed E-state index contributed by atoms with van der Waals surface area (Å²) in [6, 6.07) is 3.82. The molecule has 0 radical (unpaired) electrons. The SMILES string of the molecule is O=C(NCC1CCOCC1)C1CCN(c2ccc(-n3cncn3)nn2)CC1. The van der Waals surface area contributed by atoms with E-state index < -0.39 is 0 Å². The summed E-state index contributed by atoms with van der Waals surface area (Å²) in [5.74, 6) is 2.30. The maximum Gasteiger partial charge on any atom is 0.223 e. The van der Waals surface area contributed by atoms with Gasteiger partial charge in [0, 0.05) is 38.8 Å². The molecule has 2 aliphatic heterocycles. The monoisotopic (exact) mass is 371 g/mol. The van der Waals surface area contributed by atoms with E-state index in [0.29, 0.717) is 11.7 Å². The Hall–Kier alpha value is -2.55. The number of hydrogen-bond donors (Lipinski definition) is 1. The van der Waals surface area contributed by atoms with Crippen LogP contribution in [0.25, 0.3) is 5.82 Å². The maximum atomic E-state index is 12.5. The zero-order chi connectivity index (χ0) is 18.5. The molecule has 4 heterocycles. The van der Waals surface area contributed by atoms with Crippen LogP contribution in [-0.2, 0) is 9.53 Å². The van der Waals surface area contributed by atoms with Crippen molar-refractivity contribution in [3.63, 3.8) is 0 Å². The van der Waals surface area contributed by atoms with Gasteiger partial charge < -0.3 is 15.0 Å². The first-order valence-corrected chi connectivity index (χ1v) is 9.59. The Morgan fingerprint density at radius 3 is 2.52 bits per heavy atom. The van der Waals surface area contributed by atoms with Gasteiger partial charge in [-0.05, 0) is 43.7 Å². The zero-order valence-electron chi connectivity index (χ0n) is 15.3. The largest absolute Gasteiger partial charge is 0.381 e. The quantitative estimate of drug-likeness (QED) is 0.831. The second-order valence-corrected chi connectivity index (χ2v) is 7.15.